The summed E-state index contributed by atoms with van der Waals surface area (Å²) in [5.41, 5.74) is 1.42. The number of nitrogens with zero attached hydrogens (tertiary/aromatic N) is 2. The maximum atomic E-state index is 11.8. The summed E-state index contributed by atoms with van der Waals surface area (Å²) < 4.78 is 4.86. The molecular weight excluding hydrogens is 238 g/mol. The summed E-state index contributed by atoms with van der Waals surface area (Å²) in [4.78, 5) is 17.5. The summed E-state index contributed by atoms with van der Waals surface area (Å²) in [5.74, 6) is 0.353. The highest BCUT2D eigenvalue weighted by molar-refractivity contribution is 7.15. The van der Waals surface area contributed by atoms with Crippen molar-refractivity contribution in [1.29, 1.82) is 0 Å². The van der Waals surface area contributed by atoms with E-state index in [1.54, 1.807) is 24.3 Å². The van der Waals surface area contributed by atoms with Gasteiger partial charge in [0.15, 0.2) is 10.8 Å². The van der Waals surface area contributed by atoms with Crippen LogP contribution in [0.15, 0.2) is 10.6 Å². The van der Waals surface area contributed by atoms with E-state index in [-0.39, 0.29) is 11.6 Å². The fourth-order valence-electron chi connectivity index (χ4n) is 1.88. The Morgan fingerprint density at radius 3 is 3.12 bits per heavy atom. The van der Waals surface area contributed by atoms with Crippen molar-refractivity contribution in [3.05, 3.63) is 28.1 Å². The number of thiazole rings is 1. The van der Waals surface area contributed by atoms with Crippen molar-refractivity contribution in [2.24, 2.45) is 0 Å². The number of hydrogen-bond acceptors (Lipinski definition) is 5. The molecule has 1 aliphatic carbocycles. The van der Waals surface area contributed by atoms with E-state index in [0.29, 0.717) is 10.9 Å². The molecule has 2 heterocycles. The van der Waals surface area contributed by atoms with Gasteiger partial charge < -0.3 is 4.52 Å². The minimum absolute atomic E-state index is 0.269. The number of amides is 1. The van der Waals surface area contributed by atoms with Crippen LogP contribution in [0.1, 0.15) is 33.2 Å². The third-order valence-electron chi connectivity index (χ3n) is 2.68. The minimum Gasteiger partial charge on any atom is -0.361 e. The molecule has 0 spiro atoms. The van der Waals surface area contributed by atoms with E-state index in [2.05, 4.69) is 15.5 Å². The molecule has 5 nitrogen and oxygen atoms in total. The second-order valence-corrected chi connectivity index (χ2v) is 5.10. The third kappa shape index (κ3) is 1.95. The quantitative estimate of drug-likeness (QED) is 0.885. The fraction of sp³-hybridized carbons (Fsp3) is 0.364. The highest BCUT2D eigenvalue weighted by Crippen LogP contribution is 2.30. The van der Waals surface area contributed by atoms with Gasteiger partial charge in [-0.05, 0) is 26.2 Å². The number of anilines is 1. The number of rotatable bonds is 2. The predicted molar refractivity (Wildman–Crippen MR) is 63.3 cm³/mol. The average Bonchev–Trinajstić information content (AvgIpc) is 2.92. The average molecular weight is 249 g/mol. The molecule has 2 aromatic heterocycles. The zero-order chi connectivity index (χ0) is 11.8. The minimum atomic E-state index is -0.269. The smallest absolute Gasteiger partial charge is 0.279 e. The normalized spacial score (nSPS) is 13.7. The van der Waals surface area contributed by atoms with Gasteiger partial charge in [-0.3, -0.25) is 10.1 Å². The van der Waals surface area contributed by atoms with Crippen LogP contribution in [0.3, 0.4) is 0 Å². The van der Waals surface area contributed by atoms with Crippen molar-refractivity contribution in [2.75, 3.05) is 5.32 Å². The van der Waals surface area contributed by atoms with E-state index >= 15 is 0 Å². The van der Waals surface area contributed by atoms with E-state index < -0.39 is 0 Å². The molecule has 0 saturated carbocycles. The van der Waals surface area contributed by atoms with E-state index in [9.17, 15) is 4.79 Å². The first kappa shape index (κ1) is 10.5. The SMILES string of the molecule is Cc1cc(C(=O)Nc2nc3c(s2)CCC3)no1. The lowest BCUT2D eigenvalue weighted by atomic mass is 10.3. The van der Waals surface area contributed by atoms with Crippen molar-refractivity contribution in [3.63, 3.8) is 0 Å². The molecule has 0 unspecified atom stereocenters. The molecule has 3 rings (SSSR count). The molecule has 0 bridgehead atoms. The maximum Gasteiger partial charge on any atom is 0.279 e. The summed E-state index contributed by atoms with van der Waals surface area (Å²) in [7, 11) is 0. The van der Waals surface area contributed by atoms with Crippen LogP contribution in [0.2, 0.25) is 0 Å². The zero-order valence-electron chi connectivity index (χ0n) is 9.32. The van der Waals surface area contributed by atoms with Crippen LogP contribution in [0, 0.1) is 6.92 Å². The predicted octanol–water partition coefficient (Wildman–Crippen LogP) is 2.18. The van der Waals surface area contributed by atoms with Crippen molar-refractivity contribution in [1.82, 2.24) is 10.1 Å². The van der Waals surface area contributed by atoms with Gasteiger partial charge in [-0.15, -0.1) is 11.3 Å². The first-order valence-corrected chi connectivity index (χ1v) is 6.27. The third-order valence-corrected chi connectivity index (χ3v) is 3.75. The first-order chi connectivity index (χ1) is 8.22. The van der Waals surface area contributed by atoms with Crippen molar-refractivity contribution in [2.45, 2.75) is 26.2 Å². The Morgan fingerprint density at radius 2 is 2.41 bits per heavy atom. The van der Waals surface area contributed by atoms with Gasteiger partial charge in [0.1, 0.15) is 5.76 Å². The molecule has 88 valence electrons. The molecule has 2 aromatic rings. The summed E-state index contributed by atoms with van der Waals surface area (Å²) in [6.07, 6.45) is 3.27. The number of aryl methyl sites for hydroxylation is 3. The van der Waals surface area contributed by atoms with Crippen molar-refractivity contribution in [3.8, 4) is 0 Å². The monoisotopic (exact) mass is 249 g/mol. The van der Waals surface area contributed by atoms with Gasteiger partial charge >= 0.3 is 0 Å². The number of aromatic nitrogens is 2. The molecule has 0 radical (unpaired) electrons. The molecule has 0 aliphatic heterocycles. The molecule has 1 aliphatic rings. The van der Waals surface area contributed by atoms with Crippen LogP contribution in [0.25, 0.3) is 0 Å². The Kier molecular flexibility index (Phi) is 2.44. The number of nitrogens with one attached hydrogen (secondary N) is 1. The van der Waals surface area contributed by atoms with Gasteiger partial charge in [-0.1, -0.05) is 5.16 Å². The van der Waals surface area contributed by atoms with Crippen molar-refractivity contribution >= 4 is 22.4 Å². The van der Waals surface area contributed by atoms with E-state index in [1.165, 1.54) is 11.3 Å². The largest absolute Gasteiger partial charge is 0.361 e. The lowest BCUT2D eigenvalue weighted by Crippen LogP contribution is -2.12. The Bertz CT molecular complexity index is 552. The number of carbonyl (C=O) groups excluding carboxylic acids is 1. The summed E-state index contributed by atoms with van der Waals surface area (Å²) >= 11 is 1.55. The number of carbonyl (C=O) groups is 1. The second kappa shape index (κ2) is 3.96. The zero-order valence-corrected chi connectivity index (χ0v) is 10.1. The van der Waals surface area contributed by atoms with Crippen LogP contribution in [-0.4, -0.2) is 16.0 Å². The van der Waals surface area contributed by atoms with Crippen LogP contribution in [-0.2, 0) is 12.8 Å². The van der Waals surface area contributed by atoms with Gasteiger partial charge in [0.25, 0.3) is 5.91 Å². The highest BCUT2D eigenvalue weighted by Gasteiger charge is 2.19. The molecular formula is C11H11N3O2S. The molecule has 1 amide bonds. The molecule has 0 aromatic carbocycles. The van der Waals surface area contributed by atoms with E-state index in [1.807, 2.05) is 0 Å². The Hall–Kier alpha value is -1.69. The van der Waals surface area contributed by atoms with Crippen molar-refractivity contribution < 1.29 is 9.32 Å². The van der Waals surface area contributed by atoms with Crippen LogP contribution in [0.4, 0.5) is 5.13 Å². The second-order valence-electron chi connectivity index (χ2n) is 4.02. The molecule has 6 heteroatoms. The van der Waals surface area contributed by atoms with Crippen LogP contribution < -0.4 is 5.32 Å². The van der Waals surface area contributed by atoms with Gasteiger partial charge in [-0.2, -0.15) is 0 Å². The molecule has 1 N–H and O–H groups in total. The lowest BCUT2D eigenvalue weighted by Gasteiger charge is -1.96. The summed E-state index contributed by atoms with van der Waals surface area (Å²) in [6.45, 7) is 1.75. The lowest BCUT2D eigenvalue weighted by molar-refractivity contribution is 0.101. The summed E-state index contributed by atoms with van der Waals surface area (Å²) in [6, 6.07) is 1.61. The van der Waals surface area contributed by atoms with Gasteiger partial charge in [0.05, 0.1) is 5.69 Å². The fourth-order valence-corrected chi connectivity index (χ4v) is 2.92. The van der Waals surface area contributed by atoms with Gasteiger partial charge in [0, 0.05) is 10.9 Å². The molecule has 0 atom stereocenters. The Morgan fingerprint density at radius 1 is 1.53 bits per heavy atom. The van der Waals surface area contributed by atoms with Crippen LogP contribution in [0.5, 0.6) is 0 Å². The Balaban J connectivity index is 1.76. The standard InChI is InChI=1S/C11H11N3O2S/c1-6-5-8(14-16-6)10(15)13-11-12-7-3-2-4-9(7)17-11/h5H,2-4H2,1H3,(H,12,13,15). The molecule has 0 saturated heterocycles. The number of hydrogen-bond donors (Lipinski definition) is 1. The maximum absolute atomic E-state index is 11.8. The number of fused-ring (bicyclic) bond motifs is 1. The topological polar surface area (TPSA) is 68.0 Å². The van der Waals surface area contributed by atoms with Gasteiger partial charge in [-0.25, -0.2) is 4.98 Å². The summed E-state index contributed by atoms with van der Waals surface area (Å²) in [5, 5.41) is 7.07. The van der Waals surface area contributed by atoms with E-state index in [0.717, 1.165) is 18.5 Å². The van der Waals surface area contributed by atoms with Gasteiger partial charge in [0.2, 0.25) is 0 Å². The molecule has 17 heavy (non-hydrogen) atoms. The highest BCUT2D eigenvalue weighted by atomic mass is 32.1. The van der Waals surface area contributed by atoms with Crippen LogP contribution >= 0.6 is 11.3 Å². The Labute approximate surface area is 102 Å². The first-order valence-electron chi connectivity index (χ1n) is 5.45. The molecule has 0 fully saturated rings. The van der Waals surface area contributed by atoms with E-state index in [4.69, 9.17) is 4.52 Å².